The molecule has 1 unspecified atom stereocenters. The molecule has 140 valence electrons. The van der Waals surface area contributed by atoms with Crippen LogP contribution >= 0.6 is 0 Å². The number of hydrogen-bond acceptors (Lipinski definition) is 5. The van der Waals surface area contributed by atoms with E-state index in [9.17, 15) is 4.79 Å². The third kappa shape index (κ3) is 3.29. The molecule has 5 nitrogen and oxygen atoms in total. The molecule has 27 heavy (non-hydrogen) atoms. The fourth-order valence-electron chi connectivity index (χ4n) is 3.70. The highest BCUT2D eigenvalue weighted by molar-refractivity contribution is 5.80. The first-order chi connectivity index (χ1) is 13.2. The van der Waals surface area contributed by atoms with Gasteiger partial charge in [0.25, 0.3) is 0 Å². The maximum absolute atomic E-state index is 11.1. The Morgan fingerprint density at radius 1 is 1.30 bits per heavy atom. The Balaban J connectivity index is 1.82. The van der Waals surface area contributed by atoms with E-state index in [0.29, 0.717) is 18.9 Å². The number of carbonyl (C=O) groups is 1. The molecule has 1 N–H and O–H groups in total. The van der Waals surface area contributed by atoms with Crippen LogP contribution in [0.4, 0.5) is 5.69 Å². The molecule has 0 fully saturated rings. The summed E-state index contributed by atoms with van der Waals surface area (Å²) in [5.74, 6) is 1.63. The Kier molecular flexibility index (Phi) is 4.84. The summed E-state index contributed by atoms with van der Waals surface area (Å²) in [5, 5.41) is 3.53. The second-order valence-corrected chi connectivity index (χ2v) is 7.10. The number of oxazole rings is 1. The van der Waals surface area contributed by atoms with Crippen LogP contribution < -0.4 is 10.1 Å². The van der Waals surface area contributed by atoms with Gasteiger partial charge in [-0.3, -0.25) is 0 Å². The van der Waals surface area contributed by atoms with Crippen LogP contribution in [0.5, 0.6) is 5.75 Å². The average molecular weight is 364 g/mol. The number of ether oxygens (including phenoxy) is 1. The molecule has 1 aliphatic rings. The summed E-state index contributed by atoms with van der Waals surface area (Å²) in [6.07, 6.45) is 3.26. The number of para-hydroxylation sites is 2. The van der Waals surface area contributed by atoms with Crippen LogP contribution in [0.3, 0.4) is 0 Å². The number of aromatic nitrogens is 1. The number of hydrogen-bond donors (Lipinski definition) is 1. The lowest BCUT2D eigenvalue weighted by molar-refractivity contribution is -0.108. The molecule has 1 aliphatic heterocycles. The van der Waals surface area contributed by atoms with Gasteiger partial charge in [-0.15, -0.1) is 0 Å². The van der Waals surface area contributed by atoms with Crippen molar-refractivity contribution in [2.45, 2.75) is 39.2 Å². The van der Waals surface area contributed by atoms with E-state index in [1.807, 2.05) is 30.3 Å². The highest BCUT2D eigenvalue weighted by atomic mass is 16.5. The third-order valence-electron chi connectivity index (χ3n) is 5.19. The topological polar surface area (TPSA) is 64.4 Å². The highest BCUT2D eigenvalue weighted by Crippen LogP contribution is 2.42. The molecule has 2 aromatic carbocycles. The van der Waals surface area contributed by atoms with Crippen molar-refractivity contribution in [2.75, 3.05) is 11.9 Å². The van der Waals surface area contributed by atoms with Gasteiger partial charge in [0.2, 0.25) is 5.89 Å². The van der Waals surface area contributed by atoms with Crippen molar-refractivity contribution in [3.63, 3.8) is 0 Å². The fraction of sp³-hybridized carbons (Fsp3) is 0.364. The lowest BCUT2D eigenvalue weighted by Crippen LogP contribution is -2.33. The van der Waals surface area contributed by atoms with Crippen molar-refractivity contribution >= 4 is 23.1 Å². The molecular weight excluding hydrogens is 340 g/mol. The van der Waals surface area contributed by atoms with Gasteiger partial charge in [-0.25, -0.2) is 4.98 Å². The van der Waals surface area contributed by atoms with E-state index in [-0.39, 0.29) is 12.0 Å². The molecule has 2 heterocycles. The minimum absolute atomic E-state index is 0.247. The Labute approximate surface area is 158 Å². The van der Waals surface area contributed by atoms with Crippen LogP contribution in [-0.4, -0.2) is 23.9 Å². The van der Waals surface area contributed by atoms with Gasteiger partial charge in [-0.05, 0) is 49.9 Å². The molecule has 5 heteroatoms. The van der Waals surface area contributed by atoms with Crippen molar-refractivity contribution in [1.82, 2.24) is 4.98 Å². The Hall–Kier alpha value is -2.82. The number of rotatable bonds is 6. The minimum Gasteiger partial charge on any atom is -0.492 e. The Morgan fingerprint density at radius 3 is 2.93 bits per heavy atom. The van der Waals surface area contributed by atoms with Gasteiger partial charge in [-0.2, -0.15) is 0 Å². The van der Waals surface area contributed by atoms with Crippen LogP contribution in [0.2, 0.25) is 0 Å². The molecule has 0 saturated carbocycles. The standard InChI is InChI=1S/C22H24N2O3/c1-3-12-26-21-16(22-24-19-6-4-5-7-20(19)27-22)8-9-18-17(21)13-15(10-11-25)14(2)23-18/h4-9,11,14-15,23H,3,10,12-13H2,1-2H3/t14-,15?/m0/s1. The molecule has 4 rings (SSSR count). The zero-order valence-corrected chi connectivity index (χ0v) is 15.7. The second kappa shape index (κ2) is 7.43. The van der Waals surface area contributed by atoms with Crippen LogP contribution in [-0.2, 0) is 11.2 Å². The van der Waals surface area contributed by atoms with Gasteiger partial charge < -0.3 is 19.3 Å². The summed E-state index contributed by atoms with van der Waals surface area (Å²) >= 11 is 0. The molecule has 3 aromatic rings. The number of nitrogens with zero attached hydrogens (tertiary/aromatic N) is 1. The summed E-state index contributed by atoms with van der Waals surface area (Å²) in [7, 11) is 0. The van der Waals surface area contributed by atoms with Gasteiger partial charge in [0, 0.05) is 23.7 Å². The summed E-state index contributed by atoms with van der Waals surface area (Å²) in [5.41, 5.74) is 4.62. The molecule has 0 saturated heterocycles. The highest BCUT2D eigenvalue weighted by Gasteiger charge is 2.29. The average Bonchev–Trinajstić information content (AvgIpc) is 3.11. The number of nitrogens with one attached hydrogen (secondary N) is 1. The summed E-state index contributed by atoms with van der Waals surface area (Å²) in [6.45, 7) is 4.83. The normalized spacial score (nSPS) is 18.7. The zero-order chi connectivity index (χ0) is 18.8. The maximum Gasteiger partial charge on any atom is 0.231 e. The number of aldehydes is 1. The lowest BCUT2D eigenvalue weighted by atomic mass is 9.85. The molecule has 0 amide bonds. The van der Waals surface area contributed by atoms with Crippen LogP contribution in [0.15, 0.2) is 40.8 Å². The van der Waals surface area contributed by atoms with Crippen LogP contribution in [0.25, 0.3) is 22.6 Å². The third-order valence-corrected chi connectivity index (χ3v) is 5.19. The van der Waals surface area contributed by atoms with E-state index >= 15 is 0 Å². The van der Waals surface area contributed by atoms with Gasteiger partial charge in [-0.1, -0.05) is 19.1 Å². The predicted octanol–water partition coefficient (Wildman–Crippen LogP) is 4.85. The number of benzene rings is 2. The molecule has 0 radical (unpaired) electrons. The largest absolute Gasteiger partial charge is 0.492 e. The van der Waals surface area contributed by atoms with Crippen molar-refractivity contribution < 1.29 is 13.9 Å². The summed E-state index contributed by atoms with van der Waals surface area (Å²) in [6, 6.07) is 12.1. The van der Waals surface area contributed by atoms with E-state index in [1.165, 1.54) is 0 Å². The van der Waals surface area contributed by atoms with E-state index in [0.717, 1.165) is 52.8 Å². The van der Waals surface area contributed by atoms with Crippen LogP contribution in [0, 0.1) is 5.92 Å². The van der Waals surface area contributed by atoms with Crippen molar-refractivity contribution in [2.24, 2.45) is 5.92 Å². The quantitative estimate of drug-likeness (QED) is 0.634. The van der Waals surface area contributed by atoms with Gasteiger partial charge in [0.1, 0.15) is 17.6 Å². The van der Waals surface area contributed by atoms with Crippen molar-refractivity contribution in [3.05, 3.63) is 42.0 Å². The van der Waals surface area contributed by atoms with Crippen molar-refractivity contribution in [1.29, 1.82) is 0 Å². The predicted molar refractivity (Wildman–Crippen MR) is 106 cm³/mol. The molecule has 2 atom stereocenters. The number of anilines is 1. The van der Waals surface area contributed by atoms with Gasteiger partial charge in [0.05, 0.1) is 12.2 Å². The first-order valence-corrected chi connectivity index (χ1v) is 9.56. The van der Waals surface area contributed by atoms with E-state index in [2.05, 4.69) is 30.2 Å². The Bertz CT molecular complexity index is 930. The van der Waals surface area contributed by atoms with Gasteiger partial charge in [0.15, 0.2) is 5.58 Å². The van der Waals surface area contributed by atoms with Gasteiger partial charge >= 0.3 is 0 Å². The summed E-state index contributed by atoms with van der Waals surface area (Å²) in [4.78, 5) is 15.7. The molecule has 0 bridgehead atoms. The number of carbonyl (C=O) groups excluding carboxylic acids is 1. The monoisotopic (exact) mass is 364 g/mol. The smallest absolute Gasteiger partial charge is 0.231 e. The molecular formula is C22H24N2O3. The van der Waals surface area contributed by atoms with Crippen molar-refractivity contribution in [3.8, 4) is 17.2 Å². The number of fused-ring (bicyclic) bond motifs is 2. The zero-order valence-electron chi connectivity index (χ0n) is 15.7. The van der Waals surface area contributed by atoms with E-state index in [4.69, 9.17) is 9.15 Å². The SMILES string of the molecule is CCCOc1c(-c2nc3ccccc3o2)ccc2c1CC(CC=O)[C@H](C)N2. The van der Waals surface area contributed by atoms with E-state index < -0.39 is 0 Å². The Morgan fingerprint density at radius 2 is 2.15 bits per heavy atom. The minimum atomic E-state index is 0.247. The molecule has 0 aliphatic carbocycles. The fourth-order valence-corrected chi connectivity index (χ4v) is 3.70. The second-order valence-electron chi connectivity index (χ2n) is 7.10. The van der Waals surface area contributed by atoms with Crippen LogP contribution in [0.1, 0.15) is 32.3 Å². The summed E-state index contributed by atoms with van der Waals surface area (Å²) < 4.78 is 12.2. The lowest BCUT2D eigenvalue weighted by Gasteiger charge is -2.33. The molecule has 1 aromatic heterocycles. The first-order valence-electron chi connectivity index (χ1n) is 9.56. The maximum atomic E-state index is 11.1. The first kappa shape index (κ1) is 17.6. The molecule has 0 spiro atoms. The van der Waals surface area contributed by atoms with E-state index in [1.54, 1.807) is 0 Å².